The lowest BCUT2D eigenvalue weighted by Crippen LogP contribution is -2.11. The minimum absolute atomic E-state index is 0.0270. The van der Waals surface area contributed by atoms with Gasteiger partial charge >= 0.3 is 5.97 Å². The van der Waals surface area contributed by atoms with E-state index in [9.17, 15) is 9.18 Å². The summed E-state index contributed by atoms with van der Waals surface area (Å²) in [5.74, 6) is -1.68. The largest absolute Gasteiger partial charge is 0.496 e. The predicted octanol–water partition coefficient (Wildman–Crippen LogP) is 3.78. The summed E-state index contributed by atoms with van der Waals surface area (Å²) in [6, 6.07) is 9.31. The number of carboxylic acid groups (broad SMARTS) is 1. The van der Waals surface area contributed by atoms with Crippen molar-refractivity contribution in [2.24, 2.45) is 0 Å². The predicted molar refractivity (Wildman–Crippen MR) is 92.4 cm³/mol. The molecule has 0 spiro atoms. The number of aliphatic carboxylic acids is 1. The van der Waals surface area contributed by atoms with Crippen molar-refractivity contribution in [1.82, 2.24) is 0 Å². The first-order chi connectivity index (χ1) is 11.8. The van der Waals surface area contributed by atoms with Crippen LogP contribution in [0.2, 0.25) is 0 Å². The Morgan fingerprint density at radius 1 is 1.28 bits per heavy atom. The number of rotatable bonds is 6. The van der Waals surface area contributed by atoms with E-state index in [-0.39, 0.29) is 23.6 Å². The fourth-order valence-corrected chi connectivity index (χ4v) is 2.33. The van der Waals surface area contributed by atoms with Gasteiger partial charge in [0.15, 0.2) is 0 Å². The average Bonchev–Trinajstić information content (AvgIpc) is 2.58. The van der Waals surface area contributed by atoms with Crippen LogP contribution in [0.4, 0.5) is 4.39 Å². The second kappa shape index (κ2) is 7.61. The quantitative estimate of drug-likeness (QED) is 0.475. The van der Waals surface area contributed by atoms with Crippen LogP contribution in [0, 0.1) is 18.2 Å². The maximum absolute atomic E-state index is 13.9. The number of ether oxygens (including phenoxy) is 2. The molecule has 0 radical (unpaired) electrons. The van der Waals surface area contributed by atoms with Crippen LogP contribution in [0.1, 0.15) is 22.3 Å². The van der Waals surface area contributed by atoms with Crippen molar-refractivity contribution in [3.05, 3.63) is 71.0 Å². The van der Waals surface area contributed by atoms with Gasteiger partial charge in [-0.25, -0.2) is 9.18 Å². The maximum atomic E-state index is 13.9. The molecule has 0 fully saturated rings. The summed E-state index contributed by atoms with van der Waals surface area (Å²) in [4.78, 5) is 11.2. The van der Waals surface area contributed by atoms with Gasteiger partial charge in [-0.3, -0.25) is 5.41 Å². The van der Waals surface area contributed by atoms with Crippen LogP contribution >= 0.6 is 0 Å². The number of aryl methyl sites for hydroxylation is 1. The van der Waals surface area contributed by atoms with Crippen molar-refractivity contribution in [3.63, 3.8) is 0 Å². The number of carbonyl (C=O) groups is 1. The number of nitrogens with one attached hydrogen (secondary N) is 1. The smallest absolute Gasteiger partial charge is 0.335 e. The molecular formula is C19H18FNO4. The zero-order chi connectivity index (χ0) is 18.6. The lowest BCUT2D eigenvalue weighted by atomic mass is 10.0. The number of halogens is 1. The lowest BCUT2D eigenvalue weighted by Gasteiger charge is -2.15. The van der Waals surface area contributed by atoms with Crippen LogP contribution in [0.25, 0.3) is 5.57 Å². The Balaban J connectivity index is 2.29. The maximum Gasteiger partial charge on any atom is 0.335 e. The van der Waals surface area contributed by atoms with E-state index in [2.05, 4.69) is 6.58 Å². The van der Waals surface area contributed by atoms with E-state index in [4.69, 9.17) is 20.0 Å². The first kappa shape index (κ1) is 18.2. The Morgan fingerprint density at radius 3 is 2.60 bits per heavy atom. The molecular weight excluding hydrogens is 325 g/mol. The Bertz CT molecular complexity index is 845. The zero-order valence-electron chi connectivity index (χ0n) is 13.9. The Labute approximate surface area is 144 Å². The zero-order valence-corrected chi connectivity index (χ0v) is 13.9. The van der Waals surface area contributed by atoms with Crippen molar-refractivity contribution < 1.29 is 23.8 Å². The Kier molecular flexibility index (Phi) is 5.54. The van der Waals surface area contributed by atoms with Gasteiger partial charge in [-0.05, 0) is 36.2 Å². The summed E-state index contributed by atoms with van der Waals surface area (Å²) in [6.45, 7) is 5.14. The summed E-state index contributed by atoms with van der Waals surface area (Å²) in [6.07, 6.45) is 0. The first-order valence-electron chi connectivity index (χ1n) is 7.41. The minimum atomic E-state index is -1.17. The van der Waals surface area contributed by atoms with Crippen molar-refractivity contribution in [2.75, 3.05) is 7.11 Å². The molecule has 0 aromatic heterocycles. The fourth-order valence-electron chi connectivity index (χ4n) is 2.33. The highest BCUT2D eigenvalue weighted by molar-refractivity contribution is 6.15. The molecule has 25 heavy (non-hydrogen) atoms. The molecule has 0 heterocycles. The molecule has 0 amide bonds. The Hall–Kier alpha value is -3.15. The van der Waals surface area contributed by atoms with Crippen LogP contribution < -0.4 is 4.74 Å². The molecule has 0 atom stereocenters. The number of carboxylic acids is 1. The van der Waals surface area contributed by atoms with Crippen LogP contribution in [0.3, 0.4) is 0 Å². The number of hydrogen-bond acceptors (Lipinski definition) is 4. The number of methoxy groups -OCH3 is 1. The topological polar surface area (TPSA) is 79.6 Å². The van der Waals surface area contributed by atoms with E-state index < -0.39 is 11.8 Å². The number of benzene rings is 2. The first-order valence-corrected chi connectivity index (χ1v) is 7.41. The average molecular weight is 343 g/mol. The molecule has 2 aromatic carbocycles. The molecule has 6 heteroatoms. The highest BCUT2D eigenvalue weighted by Gasteiger charge is 2.18. The lowest BCUT2D eigenvalue weighted by molar-refractivity contribution is -0.130. The van der Waals surface area contributed by atoms with Crippen molar-refractivity contribution in [1.29, 1.82) is 5.41 Å². The van der Waals surface area contributed by atoms with Crippen LogP contribution in [-0.4, -0.2) is 24.1 Å². The summed E-state index contributed by atoms with van der Waals surface area (Å²) in [7, 11) is 1.44. The Morgan fingerprint density at radius 2 is 2.00 bits per heavy atom. The normalized spacial score (nSPS) is 10.2. The summed E-state index contributed by atoms with van der Waals surface area (Å²) in [5.41, 5.74) is 1.40. The SMILES string of the molecule is C=C(C(=O)O)c1cccc(OC)c1COC(=N)c1ccc(C)cc1F. The summed E-state index contributed by atoms with van der Waals surface area (Å²) in [5, 5.41) is 17.1. The van der Waals surface area contributed by atoms with E-state index in [0.29, 0.717) is 16.9 Å². The highest BCUT2D eigenvalue weighted by atomic mass is 19.1. The third-order valence-electron chi connectivity index (χ3n) is 3.67. The monoisotopic (exact) mass is 343 g/mol. The van der Waals surface area contributed by atoms with Crippen molar-refractivity contribution in [3.8, 4) is 5.75 Å². The van der Waals surface area contributed by atoms with E-state index in [1.54, 1.807) is 31.2 Å². The minimum Gasteiger partial charge on any atom is -0.496 e. The second-order valence-electron chi connectivity index (χ2n) is 5.37. The molecule has 0 aliphatic rings. The second-order valence-corrected chi connectivity index (χ2v) is 5.37. The van der Waals surface area contributed by atoms with Gasteiger partial charge < -0.3 is 14.6 Å². The third kappa shape index (κ3) is 4.03. The van der Waals surface area contributed by atoms with Crippen LogP contribution in [0.5, 0.6) is 5.75 Å². The van der Waals surface area contributed by atoms with Gasteiger partial charge in [0, 0.05) is 5.56 Å². The summed E-state index contributed by atoms with van der Waals surface area (Å²) >= 11 is 0. The third-order valence-corrected chi connectivity index (χ3v) is 3.67. The number of hydrogen-bond donors (Lipinski definition) is 2. The molecule has 0 aliphatic carbocycles. The van der Waals surface area contributed by atoms with Gasteiger partial charge in [-0.1, -0.05) is 24.8 Å². The van der Waals surface area contributed by atoms with E-state index in [1.807, 2.05) is 0 Å². The van der Waals surface area contributed by atoms with Crippen LogP contribution in [0.15, 0.2) is 43.0 Å². The van der Waals surface area contributed by atoms with Gasteiger partial charge in [0.25, 0.3) is 0 Å². The molecule has 2 aromatic rings. The highest BCUT2D eigenvalue weighted by Crippen LogP contribution is 2.28. The molecule has 5 nitrogen and oxygen atoms in total. The fraction of sp³-hybridized carbons (Fsp3) is 0.158. The molecule has 2 N–H and O–H groups in total. The molecule has 130 valence electrons. The van der Waals surface area contributed by atoms with Gasteiger partial charge in [-0.2, -0.15) is 0 Å². The van der Waals surface area contributed by atoms with Gasteiger partial charge in [0.1, 0.15) is 18.2 Å². The van der Waals surface area contributed by atoms with E-state index in [1.165, 1.54) is 19.2 Å². The van der Waals surface area contributed by atoms with Gasteiger partial charge in [-0.15, -0.1) is 0 Å². The van der Waals surface area contributed by atoms with E-state index >= 15 is 0 Å². The molecule has 2 rings (SSSR count). The molecule has 0 bridgehead atoms. The molecule has 0 saturated heterocycles. The van der Waals surface area contributed by atoms with Crippen LogP contribution in [-0.2, 0) is 16.1 Å². The van der Waals surface area contributed by atoms with Gasteiger partial charge in [0.05, 0.1) is 18.2 Å². The van der Waals surface area contributed by atoms with E-state index in [0.717, 1.165) is 5.56 Å². The molecule has 0 aliphatic heterocycles. The standard InChI is InChI=1S/C19H18FNO4/c1-11-7-8-14(16(20)9-11)18(21)25-10-15-13(12(2)19(22)23)5-4-6-17(15)24-3/h4-9,21H,2,10H2,1,3H3,(H,22,23). The molecule has 0 unspecified atom stereocenters. The van der Waals surface area contributed by atoms with Crippen molar-refractivity contribution in [2.45, 2.75) is 13.5 Å². The molecule has 0 saturated carbocycles. The summed E-state index contributed by atoms with van der Waals surface area (Å²) < 4.78 is 24.6. The van der Waals surface area contributed by atoms with Gasteiger partial charge in [0.2, 0.25) is 5.90 Å². The van der Waals surface area contributed by atoms with Crippen molar-refractivity contribution >= 4 is 17.4 Å².